The third-order valence-corrected chi connectivity index (χ3v) is 10.2. The first-order valence-electron chi connectivity index (χ1n) is 20.4. The van der Waals surface area contributed by atoms with Crippen molar-refractivity contribution in [3.8, 4) is 0 Å². The molecule has 0 atom stereocenters. The van der Waals surface area contributed by atoms with E-state index in [2.05, 4.69) is 43.4 Å². The van der Waals surface area contributed by atoms with Crippen LogP contribution in [0.1, 0.15) is 56.3 Å². The predicted molar refractivity (Wildman–Crippen MR) is 224 cm³/mol. The molecule has 15 heteroatoms. The van der Waals surface area contributed by atoms with Crippen LogP contribution in [-0.2, 0) is 52.3 Å². The van der Waals surface area contributed by atoms with Crippen molar-refractivity contribution in [2.45, 2.75) is 51.5 Å². The second-order valence-electron chi connectivity index (χ2n) is 14.5. The van der Waals surface area contributed by atoms with Gasteiger partial charge in [0.1, 0.15) is 25.6 Å². The van der Waals surface area contributed by atoms with Gasteiger partial charge >= 0.3 is 17.9 Å². The second-order valence-corrected chi connectivity index (χ2v) is 14.5. The minimum atomic E-state index is -0.889. The molecular formula is C44H67N3O12. The van der Waals surface area contributed by atoms with Gasteiger partial charge in [0, 0.05) is 69.0 Å². The van der Waals surface area contributed by atoms with Gasteiger partial charge in [-0.15, -0.1) is 6.58 Å². The Balaban J connectivity index is 1.87. The molecule has 1 aromatic carbocycles. The fourth-order valence-electron chi connectivity index (χ4n) is 6.64. The number of piperazine rings is 1. The minimum absolute atomic E-state index is 0.00393. The summed E-state index contributed by atoms with van der Waals surface area (Å²) < 4.78 is 39.0. The van der Waals surface area contributed by atoms with Gasteiger partial charge in [0.25, 0.3) is 0 Å². The van der Waals surface area contributed by atoms with Crippen LogP contribution in [0.15, 0.2) is 62.2 Å². The minimum Gasteiger partial charge on any atom is -0.463 e. The summed E-state index contributed by atoms with van der Waals surface area (Å²) in [7, 11) is 3.92. The van der Waals surface area contributed by atoms with E-state index < -0.39 is 22.9 Å². The Kier molecular flexibility index (Phi) is 24.4. The van der Waals surface area contributed by atoms with Crippen molar-refractivity contribution in [3.63, 3.8) is 0 Å². The standard InChI is InChI=1S/C44H67N3O12/c1-8-13-38(48)19-25-53-32-43(33-54-26-29-57-39(49)9-2,34-55-27-30-58-40(50)10-3)35-56-28-31-59-41(51)18-20-46-21-23-47(24-22-46)37-16-14-36(15-17-37)42(52)44(11-4,12-5)45(6)7/h8-10,14-17H,1-3,11-13,18-35H2,4-7H3. The first-order chi connectivity index (χ1) is 28.4. The van der Waals surface area contributed by atoms with Crippen LogP contribution >= 0.6 is 0 Å². The van der Waals surface area contributed by atoms with Gasteiger partial charge in [0.2, 0.25) is 0 Å². The van der Waals surface area contributed by atoms with Crippen LogP contribution < -0.4 is 4.90 Å². The number of carbonyl (C=O) groups is 5. The monoisotopic (exact) mass is 829 g/mol. The van der Waals surface area contributed by atoms with Crippen molar-refractivity contribution < 1.29 is 57.1 Å². The lowest BCUT2D eigenvalue weighted by Gasteiger charge is -2.37. The van der Waals surface area contributed by atoms with Gasteiger partial charge in [-0.25, -0.2) is 9.59 Å². The van der Waals surface area contributed by atoms with Gasteiger partial charge < -0.3 is 38.1 Å². The fourth-order valence-corrected chi connectivity index (χ4v) is 6.64. The number of anilines is 1. The number of hydrogen-bond acceptors (Lipinski definition) is 15. The van der Waals surface area contributed by atoms with Crippen LogP contribution in [0.5, 0.6) is 0 Å². The number of allylic oxidation sites excluding steroid dienone is 1. The summed E-state index contributed by atoms with van der Waals surface area (Å²) in [5.41, 5.74) is 0.386. The lowest BCUT2D eigenvalue weighted by Crippen LogP contribution is -2.50. The van der Waals surface area contributed by atoms with Crippen LogP contribution in [-0.4, -0.2) is 164 Å². The van der Waals surface area contributed by atoms with E-state index in [-0.39, 0.29) is 109 Å². The highest BCUT2D eigenvalue weighted by Crippen LogP contribution is 2.28. The second kappa shape index (κ2) is 28.3. The van der Waals surface area contributed by atoms with E-state index in [0.717, 1.165) is 62.4 Å². The van der Waals surface area contributed by atoms with Crippen LogP contribution in [0.25, 0.3) is 0 Å². The molecule has 59 heavy (non-hydrogen) atoms. The van der Waals surface area contributed by atoms with E-state index in [1.54, 1.807) is 0 Å². The summed E-state index contributed by atoms with van der Waals surface area (Å²) in [5.74, 6) is -1.36. The van der Waals surface area contributed by atoms with E-state index in [4.69, 9.17) is 33.2 Å². The molecule has 1 heterocycles. The lowest BCUT2D eigenvalue weighted by atomic mass is 9.83. The van der Waals surface area contributed by atoms with Gasteiger partial charge in [0.05, 0.1) is 70.2 Å². The maximum absolute atomic E-state index is 13.4. The highest BCUT2D eigenvalue weighted by Gasteiger charge is 2.37. The molecule has 0 unspecified atom stereocenters. The molecule has 1 fully saturated rings. The summed E-state index contributed by atoms with van der Waals surface area (Å²) >= 11 is 0. The number of esters is 3. The Labute approximate surface area is 350 Å². The number of ketones is 2. The molecule has 2 rings (SSSR count). The largest absolute Gasteiger partial charge is 0.463 e. The molecule has 0 aromatic heterocycles. The number of benzene rings is 1. The highest BCUT2D eigenvalue weighted by molar-refractivity contribution is 6.03. The van der Waals surface area contributed by atoms with Gasteiger partial charge in [0.15, 0.2) is 5.78 Å². The molecule has 1 aromatic rings. The Hall–Kier alpha value is -4.25. The molecule has 330 valence electrons. The normalized spacial score (nSPS) is 13.5. The average Bonchev–Trinajstić information content (AvgIpc) is 3.24. The molecule has 15 nitrogen and oxygen atoms in total. The van der Waals surface area contributed by atoms with Crippen molar-refractivity contribution in [2.75, 3.05) is 124 Å². The number of likely N-dealkylation sites (N-methyl/N-ethyl adjacent to an activating group) is 1. The quantitative estimate of drug-likeness (QED) is 0.0249. The van der Waals surface area contributed by atoms with Crippen molar-refractivity contribution in [2.24, 2.45) is 5.41 Å². The molecule has 0 aliphatic carbocycles. The summed E-state index contributed by atoms with van der Waals surface area (Å²) in [4.78, 5) is 67.6. The summed E-state index contributed by atoms with van der Waals surface area (Å²) in [6, 6.07) is 7.90. The molecule has 0 N–H and O–H groups in total. The number of nitrogens with zero attached hydrogens (tertiary/aromatic N) is 3. The van der Waals surface area contributed by atoms with E-state index in [1.807, 2.05) is 43.3 Å². The van der Waals surface area contributed by atoms with E-state index in [1.165, 1.54) is 6.08 Å². The van der Waals surface area contributed by atoms with E-state index >= 15 is 0 Å². The zero-order chi connectivity index (χ0) is 43.5. The Morgan fingerprint density at radius 2 is 1.17 bits per heavy atom. The molecular weight excluding hydrogens is 762 g/mol. The van der Waals surface area contributed by atoms with Crippen LogP contribution in [0.3, 0.4) is 0 Å². The number of ether oxygens (including phenoxy) is 7. The smallest absolute Gasteiger partial charge is 0.330 e. The molecule has 0 bridgehead atoms. The summed E-state index contributed by atoms with van der Waals surface area (Å²) in [6.45, 7) is 18.9. The van der Waals surface area contributed by atoms with Gasteiger partial charge in [-0.05, 0) is 51.2 Å². The van der Waals surface area contributed by atoms with Crippen LogP contribution in [0, 0.1) is 5.41 Å². The Morgan fingerprint density at radius 3 is 1.63 bits per heavy atom. The van der Waals surface area contributed by atoms with Crippen molar-refractivity contribution in [3.05, 3.63) is 67.8 Å². The molecule has 0 amide bonds. The fraction of sp³-hybridized carbons (Fsp3) is 0.614. The Bertz CT molecular complexity index is 1440. The number of hydrogen-bond donors (Lipinski definition) is 0. The zero-order valence-corrected chi connectivity index (χ0v) is 35.8. The maximum Gasteiger partial charge on any atom is 0.330 e. The van der Waals surface area contributed by atoms with Crippen LogP contribution in [0.2, 0.25) is 0 Å². The topological polar surface area (TPSA) is 160 Å². The molecule has 0 radical (unpaired) electrons. The average molecular weight is 830 g/mol. The van der Waals surface area contributed by atoms with Crippen molar-refractivity contribution >= 4 is 35.2 Å². The summed E-state index contributed by atoms with van der Waals surface area (Å²) in [5, 5.41) is 0. The van der Waals surface area contributed by atoms with Crippen LogP contribution in [0.4, 0.5) is 5.69 Å². The third-order valence-electron chi connectivity index (χ3n) is 10.2. The number of rotatable bonds is 33. The first kappa shape index (κ1) is 50.9. The zero-order valence-electron chi connectivity index (χ0n) is 35.8. The first-order valence-corrected chi connectivity index (χ1v) is 20.4. The highest BCUT2D eigenvalue weighted by atomic mass is 16.6. The van der Waals surface area contributed by atoms with Gasteiger partial charge in [-0.1, -0.05) is 33.1 Å². The molecule has 0 spiro atoms. The number of Topliss-reactive ketones (excluding diaryl/α,β-unsaturated/α-hetero) is 2. The molecule has 1 saturated heterocycles. The van der Waals surface area contributed by atoms with Gasteiger partial charge in [-0.2, -0.15) is 0 Å². The molecule has 1 aliphatic heterocycles. The Morgan fingerprint density at radius 1 is 0.678 bits per heavy atom. The molecule has 0 saturated carbocycles. The van der Waals surface area contributed by atoms with Gasteiger partial charge in [-0.3, -0.25) is 24.2 Å². The van der Waals surface area contributed by atoms with Crippen molar-refractivity contribution in [1.29, 1.82) is 0 Å². The summed E-state index contributed by atoms with van der Waals surface area (Å²) in [6.07, 6.45) is 5.80. The lowest BCUT2D eigenvalue weighted by molar-refractivity contribution is -0.149. The SMILES string of the molecule is C=CCC(=O)CCOCC(COCCOC(=O)C=C)(COCCOC(=O)C=C)COCCOC(=O)CCN1CCN(c2ccc(C(=O)C(CC)(CC)N(C)C)cc2)CC1. The maximum atomic E-state index is 13.4. The third kappa shape index (κ3) is 18.3. The van der Waals surface area contributed by atoms with E-state index in [9.17, 15) is 24.0 Å². The van der Waals surface area contributed by atoms with Crippen molar-refractivity contribution in [1.82, 2.24) is 9.80 Å². The molecule has 1 aliphatic rings. The predicted octanol–water partition coefficient (Wildman–Crippen LogP) is 4.09. The number of carbonyl (C=O) groups excluding carboxylic acids is 5. The van der Waals surface area contributed by atoms with E-state index in [0.29, 0.717) is 6.54 Å².